The molecule has 0 heterocycles. The van der Waals surface area contributed by atoms with Crippen LogP contribution in [0.4, 0.5) is 0 Å². The molecular formula is C9H10BrCl3. The van der Waals surface area contributed by atoms with Crippen LogP contribution in [0.5, 0.6) is 0 Å². The van der Waals surface area contributed by atoms with Crippen molar-refractivity contribution in [2.75, 3.05) is 0 Å². The van der Waals surface area contributed by atoms with Gasteiger partial charge in [0.25, 0.3) is 0 Å². The first kappa shape index (κ1) is 11.9. The first-order chi connectivity index (χ1) is 5.99. The standard InChI is InChI=1S/C9H10BrCl3/c1-2-3-9(10)5-6(11)4-7(12)8(9)13/h4H,2-3,5H2,1H3. The molecule has 0 spiro atoms. The van der Waals surface area contributed by atoms with Crippen LogP contribution in [0.25, 0.3) is 0 Å². The molecule has 0 radical (unpaired) electrons. The quantitative estimate of drug-likeness (QED) is 0.620. The number of hydrogen-bond donors (Lipinski definition) is 0. The summed E-state index contributed by atoms with van der Waals surface area (Å²) in [5, 5.41) is 1.96. The molecule has 13 heavy (non-hydrogen) atoms. The molecule has 0 fully saturated rings. The van der Waals surface area contributed by atoms with Gasteiger partial charge in [-0.05, 0) is 12.5 Å². The second-order valence-electron chi connectivity index (χ2n) is 3.15. The zero-order valence-corrected chi connectivity index (χ0v) is 11.1. The van der Waals surface area contributed by atoms with Crippen molar-refractivity contribution in [3.63, 3.8) is 0 Å². The molecule has 74 valence electrons. The van der Waals surface area contributed by atoms with Gasteiger partial charge < -0.3 is 0 Å². The van der Waals surface area contributed by atoms with E-state index in [0.717, 1.165) is 24.3 Å². The third-order valence-electron chi connectivity index (χ3n) is 1.98. The van der Waals surface area contributed by atoms with Crippen molar-refractivity contribution in [3.8, 4) is 0 Å². The molecule has 0 saturated heterocycles. The zero-order valence-electron chi connectivity index (χ0n) is 7.21. The molecule has 1 unspecified atom stereocenters. The van der Waals surface area contributed by atoms with Crippen LogP contribution in [0.2, 0.25) is 0 Å². The highest BCUT2D eigenvalue weighted by atomic mass is 79.9. The Labute approximate surface area is 102 Å². The van der Waals surface area contributed by atoms with Crippen molar-refractivity contribution in [3.05, 3.63) is 21.2 Å². The molecule has 0 nitrogen and oxygen atoms in total. The molecule has 4 heteroatoms. The third kappa shape index (κ3) is 2.65. The van der Waals surface area contributed by atoms with Crippen molar-refractivity contribution < 1.29 is 0 Å². The molecule has 0 aromatic rings. The third-order valence-corrected chi connectivity index (χ3v) is 4.49. The minimum Gasteiger partial charge on any atom is -0.0890 e. The Morgan fingerprint density at radius 2 is 2.08 bits per heavy atom. The van der Waals surface area contributed by atoms with Gasteiger partial charge in [-0.3, -0.25) is 0 Å². The Morgan fingerprint density at radius 1 is 1.46 bits per heavy atom. The normalized spacial score (nSPS) is 29.2. The van der Waals surface area contributed by atoms with Gasteiger partial charge in [0, 0.05) is 11.5 Å². The van der Waals surface area contributed by atoms with Gasteiger partial charge in [-0.25, -0.2) is 0 Å². The van der Waals surface area contributed by atoms with Gasteiger partial charge in [0.15, 0.2) is 0 Å². The lowest BCUT2D eigenvalue weighted by Gasteiger charge is -2.30. The molecule has 0 aromatic carbocycles. The van der Waals surface area contributed by atoms with Gasteiger partial charge in [-0.1, -0.05) is 64.1 Å². The van der Waals surface area contributed by atoms with Gasteiger partial charge in [0.2, 0.25) is 0 Å². The first-order valence-electron chi connectivity index (χ1n) is 4.10. The Bertz CT molecular complexity index is 270. The lowest BCUT2D eigenvalue weighted by Crippen LogP contribution is -2.24. The van der Waals surface area contributed by atoms with Crippen LogP contribution >= 0.6 is 50.7 Å². The second kappa shape index (κ2) is 4.57. The van der Waals surface area contributed by atoms with E-state index < -0.39 is 0 Å². The average Bonchev–Trinajstić information content (AvgIpc) is 2.00. The molecule has 1 atom stereocenters. The van der Waals surface area contributed by atoms with Gasteiger partial charge in [-0.2, -0.15) is 0 Å². The SMILES string of the molecule is CCCC1(Br)CC(Cl)=CC(Cl)=C1Cl. The zero-order chi connectivity index (χ0) is 10.1. The van der Waals surface area contributed by atoms with E-state index in [4.69, 9.17) is 34.8 Å². The molecule has 1 rings (SSSR count). The van der Waals surface area contributed by atoms with E-state index in [2.05, 4.69) is 22.9 Å². The summed E-state index contributed by atoms with van der Waals surface area (Å²) < 4.78 is -0.244. The van der Waals surface area contributed by atoms with Crippen LogP contribution in [0.1, 0.15) is 26.2 Å². The molecular weight excluding hydrogens is 294 g/mol. The number of hydrogen-bond acceptors (Lipinski definition) is 0. The fraction of sp³-hybridized carbons (Fsp3) is 0.556. The highest BCUT2D eigenvalue weighted by Crippen LogP contribution is 2.47. The van der Waals surface area contributed by atoms with Gasteiger partial charge in [-0.15, -0.1) is 0 Å². The van der Waals surface area contributed by atoms with Crippen molar-refractivity contribution >= 4 is 50.7 Å². The van der Waals surface area contributed by atoms with Crippen molar-refractivity contribution in [1.82, 2.24) is 0 Å². The molecule has 1 aliphatic rings. The summed E-state index contributed by atoms with van der Waals surface area (Å²) in [6, 6.07) is 0. The first-order valence-corrected chi connectivity index (χ1v) is 6.03. The smallest absolute Gasteiger partial charge is 0.0676 e. The van der Waals surface area contributed by atoms with Crippen LogP contribution in [-0.4, -0.2) is 4.32 Å². The fourth-order valence-corrected chi connectivity index (χ4v) is 3.51. The summed E-state index contributed by atoms with van der Waals surface area (Å²) in [7, 11) is 0. The maximum Gasteiger partial charge on any atom is 0.0676 e. The minimum atomic E-state index is -0.244. The van der Waals surface area contributed by atoms with E-state index in [1.165, 1.54) is 0 Å². The summed E-state index contributed by atoms with van der Waals surface area (Å²) in [4.78, 5) is 0. The lowest BCUT2D eigenvalue weighted by molar-refractivity contribution is 0.629. The number of allylic oxidation sites excluding steroid dienone is 4. The molecule has 0 aliphatic heterocycles. The summed E-state index contributed by atoms with van der Waals surface area (Å²) in [5.74, 6) is 0. The summed E-state index contributed by atoms with van der Waals surface area (Å²) in [6.45, 7) is 2.10. The van der Waals surface area contributed by atoms with Gasteiger partial charge >= 0.3 is 0 Å². The molecule has 0 bridgehead atoms. The number of rotatable bonds is 2. The number of halogens is 4. The van der Waals surface area contributed by atoms with Crippen LogP contribution < -0.4 is 0 Å². The highest BCUT2D eigenvalue weighted by molar-refractivity contribution is 9.10. The predicted molar refractivity (Wildman–Crippen MR) is 63.9 cm³/mol. The topological polar surface area (TPSA) is 0 Å². The van der Waals surface area contributed by atoms with E-state index in [0.29, 0.717) is 10.1 Å². The average molecular weight is 304 g/mol. The number of alkyl halides is 1. The second-order valence-corrected chi connectivity index (χ2v) is 5.93. The minimum absolute atomic E-state index is 0.244. The Hall–Kier alpha value is 0.830. The predicted octanol–water partition coefficient (Wildman–Crippen LogP) is 5.14. The van der Waals surface area contributed by atoms with E-state index in [1.807, 2.05) is 0 Å². The lowest BCUT2D eigenvalue weighted by atomic mass is 9.95. The fourth-order valence-electron chi connectivity index (χ4n) is 1.41. The van der Waals surface area contributed by atoms with Gasteiger partial charge in [0.05, 0.1) is 14.4 Å². The summed E-state index contributed by atoms with van der Waals surface area (Å²) in [5.41, 5.74) is 0. The summed E-state index contributed by atoms with van der Waals surface area (Å²) >= 11 is 21.6. The van der Waals surface area contributed by atoms with E-state index in [1.54, 1.807) is 6.08 Å². The molecule has 0 N–H and O–H groups in total. The monoisotopic (exact) mass is 302 g/mol. The Balaban J connectivity index is 2.97. The van der Waals surface area contributed by atoms with E-state index >= 15 is 0 Å². The molecule has 0 saturated carbocycles. The van der Waals surface area contributed by atoms with Gasteiger partial charge in [0.1, 0.15) is 0 Å². The van der Waals surface area contributed by atoms with E-state index in [9.17, 15) is 0 Å². The van der Waals surface area contributed by atoms with Crippen LogP contribution in [0.15, 0.2) is 21.2 Å². The van der Waals surface area contributed by atoms with Crippen LogP contribution in [-0.2, 0) is 0 Å². The molecule has 0 amide bonds. The Morgan fingerprint density at radius 3 is 2.62 bits per heavy atom. The van der Waals surface area contributed by atoms with Crippen molar-refractivity contribution in [2.24, 2.45) is 0 Å². The van der Waals surface area contributed by atoms with Crippen LogP contribution in [0.3, 0.4) is 0 Å². The molecule has 0 aromatic heterocycles. The van der Waals surface area contributed by atoms with Crippen molar-refractivity contribution in [2.45, 2.75) is 30.5 Å². The summed E-state index contributed by atoms with van der Waals surface area (Å²) in [6.07, 6.45) is 4.40. The molecule has 1 aliphatic carbocycles. The van der Waals surface area contributed by atoms with E-state index in [-0.39, 0.29) is 4.32 Å². The van der Waals surface area contributed by atoms with Crippen LogP contribution in [0, 0.1) is 0 Å². The maximum atomic E-state index is 6.12. The largest absolute Gasteiger partial charge is 0.0890 e. The Kier molecular flexibility index (Phi) is 4.18. The van der Waals surface area contributed by atoms with Crippen molar-refractivity contribution in [1.29, 1.82) is 0 Å². The maximum absolute atomic E-state index is 6.12. The highest BCUT2D eigenvalue weighted by Gasteiger charge is 2.34.